The van der Waals surface area contributed by atoms with Crippen LogP contribution in [-0.4, -0.2) is 89.0 Å². The monoisotopic (exact) mass is 662 g/mol. The summed E-state index contributed by atoms with van der Waals surface area (Å²) in [7, 11) is 4.88. The van der Waals surface area contributed by atoms with Crippen molar-refractivity contribution in [2.45, 2.75) is 44.0 Å². The van der Waals surface area contributed by atoms with Crippen LogP contribution in [0.2, 0.25) is 0 Å². The maximum atomic E-state index is 14.7. The van der Waals surface area contributed by atoms with Gasteiger partial charge in [-0.2, -0.15) is 3.89 Å². The number of piperazine rings is 1. The van der Waals surface area contributed by atoms with Crippen LogP contribution in [0.5, 0.6) is 23.0 Å². The number of carbonyl (C=O) groups is 1. The Balaban J connectivity index is 1.16. The quantitative estimate of drug-likeness (QED) is 0.138. The molecule has 2 unspecified atom stereocenters. The molecule has 3 aromatic rings. The summed E-state index contributed by atoms with van der Waals surface area (Å²) in [5.74, 6) is 8.08. The molecule has 0 aliphatic carbocycles. The van der Waals surface area contributed by atoms with E-state index in [-0.39, 0.29) is 28.4 Å². The highest BCUT2D eigenvalue weighted by molar-refractivity contribution is 7.99. The minimum absolute atomic E-state index is 0.00725. The molecule has 1 fully saturated rings. The van der Waals surface area contributed by atoms with Crippen LogP contribution in [0.1, 0.15) is 37.8 Å². The van der Waals surface area contributed by atoms with E-state index < -0.39 is 5.82 Å². The van der Waals surface area contributed by atoms with Crippen molar-refractivity contribution < 1.29 is 28.1 Å². The SMILES string of the molecule is COc1cc(CCN2CCN(CC#CCOc3ccc(F)cc3[N+]3(C(C)C)Sc4ccccc4C(C)C3=O)CC2)cc(OC)c1OC. The van der Waals surface area contributed by atoms with Crippen molar-refractivity contribution in [2.75, 3.05) is 67.2 Å². The number of amides is 1. The fourth-order valence-electron chi connectivity index (χ4n) is 6.29. The molecule has 2 aliphatic rings. The van der Waals surface area contributed by atoms with E-state index in [0.717, 1.165) is 55.2 Å². The number of methoxy groups -OCH3 is 3. The lowest BCUT2D eigenvalue weighted by Crippen LogP contribution is -2.56. The third-order valence-corrected chi connectivity index (χ3v) is 10.6. The van der Waals surface area contributed by atoms with Crippen molar-refractivity contribution in [3.05, 3.63) is 71.5 Å². The fraction of sp³-hybridized carbons (Fsp3) is 0.432. The van der Waals surface area contributed by atoms with Gasteiger partial charge in [-0.1, -0.05) is 30.0 Å². The Morgan fingerprint density at radius 3 is 2.26 bits per heavy atom. The molecule has 250 valence electrons. The molecule has 2 atom stereocenters. The molecular formula is C37H45FN3O5S+. The summed E-state index contributed by atoms with van der Waals surface area (Å²) >= 11 is 1.45. The predicted molar refractivity (Wildman–Crippen MR) is 185 cm³/mol. The first-order valence-corrected chi connectivity index (χ1v) is 16.8. The molecule has 0 saturated carbocycles. The summed E-state index contributed by atoms with van der Waals surface area (Å²) in [6, 6.07) is 16.2. The molecule has 0 bridgehead atoms. The van der Waals surface area contributed by atoms with Gasteiger partial charge in [0.05, 0.1) is 38.7 Å². The zero-order valence-electron chi connectivity index (χ0n) is 28.2. The minimum Gasteiger partial charge on any atom is -0.493 e. The third-order valence-electron chi connectivity index (χ3n) is 8.97. The summed E-state index contributed by atoms with van der Waals surface area (Å²) in [6.45, 7) is 11.4. The lowest BCUT2D eigenvalue weighted by Gasteiger charge is -2.41. The highest BCUT2D eigenvalue weighted by atomic mass is 32.2. The van der Waals surface area contributed by atoms with Gasteiger partial charge in [0.25, 0.3) is 0 Å². The van der Waals surface area contributed by atoms with Crippen LogP contribution in [0.3, 0.4) is 0 Å². The molecule has 1 amide bonds. The van der Waals surface area contributed by atoms with Gasteiger partial charge in [-0.05, 0) is 68.7 Å². The summed E-state index contributed by atoms with van der Waals surface area (Å²) in [4.78, 5) is 19.8. The van der Waals surface area contributed by atoms with E-state index >= 15 is 0 Å². The molecule has 8 nitrogen and oxygen atoms in total. The van der Waals surface area contributed by atoms with E-state index in [0.29, 0.717) is 35.2 Å². The van der Waals surface area contributed by atoms with Crippen LogP contribution in [0.25, 0.3) is 0 Å². The first-order valence-electron chi connectivity index (χ1n) is 16.1. The molecule has 3 aromatic carbocycles. The Hall–Kier alpha value is -3.75. The second-order valence-electron chi connectivity index (χ2n) is 12.1. The molecule has 0 radical (unpaired) electrons. The van der Waals surface area contributed by atoms with Crippen molar-refractivity contribution in [1.82, 2.24) is 13.7 Å². The van der Waals surface area contributed by atoms with Gasteiger partial charge in [-0.25, -0.2) is 9.18 Å². The topological polar surface area (TPSA) is 60.5 Å². The molecule has 1 saturated heterocycles. The lowest BCUT2D eigenvalue weighted by atomic mass is 9.98. The maximum absolute atomic E-state index is 14.7. The zero-order chi connectivity index (χ0) is 33.6. The lowest BCUT2D eigenvalue weighted by molar-refractivity contribution is -0.128. The first-order chi connectivity index (χ1) is 22.7. The van der Waals surface area contributed by atoms with Gasteiger partial charge in [-0.15, -0.1) is 0 Å². The molecule has 10 heteroatoms. The number of nitrogens with zero attached hydrogens (tertiary/aromatic N) is 3. The van der Waals surface area contributed by atoms with Gasteiger partial charge in [0.2, 0.25) is 5.75 Å². The predicted octanol–water partition coefficient (Wildman–Crippen LogP) is 6.16. The van der Waals surface area contributed by atoms with E-state index in [1.165, 1.54) is 24.1 Å². The van der Waals surface area contributed by atoms with E-state index in [9.17, 15) is 9.18 Å². The average molecular weight is 663 g/mol. The Bertz CT molecular complexity index is 1610. The van der Waals surface area contributed by atoms with Crippen LogP contribution < -0.4 is 22.8 Å². The van der Waals surface area contributed by atoms with E-state index in [2.05, 4.69) is 21.6 Å². The molecule has 5 rings (SSSR count). The highest BCUT2D eigenvalue weighted by Gasteiger charge is 2.53. The van der Waals surface area contributed by atoms with Gasteiger partial charge in [0, 0.05) is 38.8 Å². The fourth-order valence-corrected chi connectivity index (χ4v) is 7.79. The molecule has 47 heavy (non-hydrogen) atoms. The second-order valence-corrected chi connectivity index (χ2v) is 13.3. The average Bonchev–Trinajstić information content (AvgIpc) is 3.09. The van der Waals surface area contributed by atoms with Crippen LogP contribution in [-0.2, 0) is 11.2 Å². The number of ether oxygens (including phenoxy) is 4. The number of carbonyl (C=O) groups excluding carboxylic acids is 1. The highest BCUT2D eigenvalue weighted by Crippen LogP contribution is 2.52. The number of benzene rings is 3. The van der Waals surface area contributed by atoms with E-state index in [1.807, 2.05) is 57.2 Å². The number of fused-ring (bicyclic) bond motifs is 1. The largest absolute Gasteiger partial charge is 0.493 e. The molecule has 2 heterocycles. The molecule has 2 aliphatic heterocycles. The van der Waals surface area contributed by atoms with Gasteiger partial charge in [0.1, 0.15) is 30.4 Å². The summed E-state index contributed by atoms with van der Waals surface area (Å²) in [5, 5.41) is 0. The number of rotatable bonds is 11. The normalized spacial score (nSPS) is 19.9. The Labute approximate surface area is 282 Å². The summed E-state index contributed by atoms with van der Waals surface area (Å²) in [5.41, 5.74) is 2.66. The summed E-state index contributed by atoms with van der Waals surface area (Å²) in [6.07, 6.45) is 0.881. The van der Waals surface area contributed by atoms with E-state index in [1.54, 1.807) is 27.4 Å². The van der Waals surface area contributed by atoms with Crippen molar-refractivity contribution in [2.24, 2.45) is 0 Å². The molecule has 0 spiro atoms. The number of halogens is 1. The number of hydrogen-bond donors (Lipinski definition) is 0. The van der Waals surface area contributed by atoms with Crippen LogP contribution in [0, 0.1) is 17.7 Å². The Morgan fingerprint density at radius 1 is 0.915 bits per heavy atom. The van der Waals surface area contributed by atoms with Gasteiger partial charge >= 0.3 is 5.91 Å². The third kappa shape index (κ3) is 7.39. The number of quaternary nitrogens is 1. The Kier molecular flexibility index (Phi) is 11.4. The van der Waals surface area contributed by atoms with Crippen molar-refractivity contribution >= 4 is 23.5 Å². The molecule has 0 N–H and O–H groups in total. The van der Waals surface area contributed by atoms with Crippen LogP contribution in [0.4, 0.5) is 10.1 Å². The van der Waals surface area contributed by atoms with Gasteiger partial charge in [0.15, 0.2) is 22.9 Å². The van der Waals surface area contributed by atoms with Crippen molar-refractivity contribution in [1.29, 1.82) is 0 Å². The van der Waals surface area contributed by atoms with Gasteiger partial charge < -0.3 is 23.8 Å². The van der Waals surface area contributed by atoms with Crippen molar-refractivity contribution in [3.8, 4) is 34.8 Å². The van der Waals surface area contributed by atoms with E-state index in [4.69, 9.17) is 18.9 Å². The molecule has 0 aromatic heterocycles. The second kappa shape index (κ2) is 15.4. The standard InChI is InChI=1S/C37H45FN3O5S/c1-26(2)41(37(42)27(3)30-11-7-8-12-35(30)47-41)31-25-29(38)13-14-32(31)46-22-10-9-16-39-18-20-40(21-19-39)17-15-28-23-33(43-4)36(45-6)34(24-28)44-5/h7-8,11-14,23-27H,15-22H2,1-6H3/q+1. The van der Waals surface area contributed by atoms with Gasteiger partial charge in [-0.3, -0.25) is 4.90 Å². The molecular weight excluding hydrogens is 617 g/mol. The Morgan fingerprint density at radius 2 is 1.60 bits per heavy atom. The first kappa shape index (κ1) is 34.6. The number of hydrogen-bond acceptors (Lipinski definition) is 8. The van der Waals surface area contributed by atoms with Crippen molar-refractivity contribution in [3.63, 3.8) is 0 Å². The minimum atomic E-state index is -0.404. The van der Waals surface area contributed by atoms with Crippen LogP contribution in [0.15, 0.2) is 59.5 Å². The maximum Gasteiger partial charge on any atom is 0.338 e. The summed E-state index contributed by atoms with van der Waals surface area (Å²) < 4.78 is 37.2. The smallest absolute Gasteiger partial charge is 0.338 e. The zero-order valence-corrected chi connectivity index (χ0v) is 29.0. The van der Waals surface area contributed by atoms with Crippen LogP contribution >= 0.6 is 11.9 Å².